The molecule has 1 rings (SSSR count). The molecule has 0 radical (unpaired) electrons. The van der Waals surface area contributed by atoms with Crippen molar-refractivity contribution in [2.24, 2.45) is 5.92 Å². The molecule has 1 saturated carbocycles. The van der Waals surface area contributed by atoms with Crippen molar-refractivity contribution in [3.8, 4) is 0 Å². The van der Waals surface area contributed by atoms with Gasteiger partial charge in [0.05, 0.1) is 13.0 Å². The summed E-state index contributed by atoms with van der Waals surface area (Å²) in [4.78, 5) is 34.3. The van der Waals surface area contributed by atoms with Gasteiger partial charge in [0.2, 0.25) is 0 Å². The Kier molecular flexibility index (Phi) is 5.73. The monoisotopic (exact) mass is 268 g/mol. The quantitative estimate of drug-likeness (QED) is 0.417. The van der Waals surface area contributed by atoms with Crippen LogP contribution in [0.1, 0.15) is 39.0 Å². The van der Waals surface area contributed by atoms with Crippen molar-refractivity contribution in [2.75, 3.05) is 7.11 Å². The van der Waals surface area contributed by atoms with Crippen LogP contribution in [0, 0.1) is 5.92 Å². The van der Waals surface area contributed by atoms with Gasteiger partial charge in [-0.1, -0.05) is 25.5 Å². The van der Waals surface area contributed by atoms with Gasteiger partial charge in [-0.05, 0) is 12.8 Å². The average Bonchev–Trinajstić information content (AvgIpc) is 2.70. The molecule has 19 heavy (non-hydrogen) atoms. The molecule has 0 heterocycles. The van der Waals surface area contributed by atoms with Crippen LogP contribution in [0.5, 0.6) is 0 Å². The first-order valence-corrected chi connectivity index (χ1v) is 6.46. The molecule has 0 bridgehead atoms. The molecule has 1 aliphatic carbocycles. The summed E-state index contributed by atoms with van der Waals surface area (Å²) in [5.41, 5.74) is 0.806. The summed E-state index contributed by atoms with van der Waals surface area (Å²) in [6, 6.07) is 0. The first-order valence-electron chi connectivity index (χ1n) is 6.46. The van der Waals surface area contributed by atoms with Gasteiger partial charge >= 0.3 is 11.9 Å². The summed E-state index contributed by atoms with van der Waals surface area (Å²) in [5, 5.41) is 0. The largest absolute Gasteiger partial charge is 0.469 e. The van der Waals surface area contributed by atoms with E-state index in [1.54, 1.807) is 0 Å². The number of Topliss-reactive ketones (excluding diaryl/α,β-unsaturated/α-hetero) is 1. The van der Waals surface area contributed by atoms with Crippen molar-refractivity contribution in [2.45, 2.75) is 45.1 Å². The lowest BCUT2D eigenvalue weighted by molar-refractivity contribution is -0.157. The smallest absolute Gasteiger partial charge is 0.317 e. The third-order valence-corrected chi connectivity index (χ3v) is 3.20. The summed E-state index contributed by atoms with van der Waals surface area (Å²) in [5.74, 6) is -1.64. The molecule has 0 saturated heterocycles. The Morgan fingerprint density at radius 3 is 2.63 bits per heavy atom. The summed E-state index contributed by atoms with van der Waals surface area (Å²) in [6.07, 6.45) is 1.62. The second-order valence-electron chi connectivity index (χ2n) is 4.67. The standard InChI is InChI=1S/C14H20O5/c1-4-5-9(2)14-10(15)6-7-11(14)19-13(17)8-12(16)18-3/h11,14H,2,4-8H2,1,3H3. The molecule has 5 nitrogen and oxygen atoms in total. The molecule has 106 valence electrons. The molecule has 5 heteroatoms. The van der Waals surface area contributed by atoms with Crippen LogP contribution in [0.4, 0.5) is 0 Å². The average molecular weight is 268 g/mol. The Labute approximate surface area is 112 Å². The zero-order valence-corrected chi connectivity index (χ0v) is 11.4. The first kappa shape index (κ1) is 15.4. The number of hydrogen-bond acceptors (Lipinski definition) is 5. The van der Waals surface area contributed by atoms with Gasteiger partial charge in [0.15, 0.2) is 0 Å². The zero-order valence-electron chi connectivity index (χ0n) is 11.4. The Balaban J connectivity index is 2.61. The predicted octanol–water partition coefficient (Wildman–Crippen LogP) is 1.80. The van der Waals surface area contributed by atoms with Gasteiger partial charge in [0.25, 0.3) is 0 Å². The molecule has 0 aromatic rings. The number of rotatable bonds is 6. The first-order chi connectivity index (χ1) is 8.99. The van der Waals surface area contributed by atoms with Gasteiger partial charge in [-0.3, -0.25) is 14.4 Å². The molecule has 2 atom stereocenters. The molecule has 1 aliphatic rings. The van der Waals surface area contributed by atoms with Crippen LogP contribution in [-0.2, 0) is 23.9 Å². The molecule has 0 amide bonds. The lowest BCUT2D eigenvalue weighted by Crippen LogP contribution is -2.27. The molecule has 1 fully saturated rings. The Morgan fingerprint density at radius 1 is 1.37 bits per heavy atom. The molecular weight excluding hydrogens is 248 g/mol. The molecule has 0 N–H and O–H groups in total. The van der Waals surface area contributed by atoms with E-state index in [1.165, 1.54) is 7.11 Å². The lowest BCUT2D eigenvalue weighted by atomic mass is 9.92. The van der Waals surface area contributed by atoms with Crippen LogP contribution in [-0.4, -0.2) is 30.9 Å². The summed E-state index contributed by atoms with van der Waals surface area (Å²) >= 11 is 0. The zero-order chi connectivity index (χ0) is 14.4. The number of carbonyl (C=O) groups is 3. The lowest BCUT2D eigenvalue weighted by Gasteiger charge is -2.20. The Morgan fingerprint density at radius 2 is 2.05 bits per heavy atom. The van der Waals surface area contributed by atoms with Crippen molar-refractivity contribution in [3.63, 3.8) is 0 Å². The second-order valence-corrected chi connectivity index (χ2v) is 4.67. The highest BCUT2D eigenvalue weighted by atomic mass is 16.6. The summed E-state index contributed by atoms with van der Waals surface area (Å²) < 4.78 is 9.61. The summed E-state index contributed by atoms with van der Waals surface area (Å²) in [7, 11) is 1.21. The number of methoxy groups -OCH3 is 1. The van der Waals surface area contributed by atoms with Crippen LogP contribution < -0.4 is 0 Å². The third-order valence-electron chi connectivity index (χ3n) is 3.20. The van der Waals surface area contributed by atoms with Crippen LogP contribution in [0.3, 0.4) is 0 Å². The Bertz CT molecular complexity index is 385. The van der Waals surface area contributed by atoms with Gasteiger partial charge in [-0.15, -0.1) is 0 Å². The topological polar surface area (TPSA) is 69.7 Å². The van der Waals surface area contributed by atoms with E-state index in [0.29, 0.717) is 12.8 Å². The number of ether oxygens (including phenoxy) is 2. The van der Waals surface area contributed by atoms with Crippen LogP contribution in [0.2, 0.25) is 0 Å². The highest BCUT2D eigenvalue weighted by molar-refractivity contribution is 5.92. The SMILES string of the molecule is C=C(CCC)C1C(=O)CCC1OC(=O)CC(=O)OC. The predicted molar refractivity (Wildman–Crippen MR) is 68.3 cm³/mol. The van der Waals surface area contributed by atoms with E-state index >= 15 is 0 Å². The van der Waals surface area contributed by atoms with Crippen molar-refractivity contribution in [1.29, 1.82) is 0 Å². The van der Waals surface area contributed by atoms with Crippen molar-refractivity contribution >= 4 is 17.7 Å². The third kappa shape index (κ3) is 4.19. The van der Waals surface area contributed by atoms with E-state index in [4.69, 9.17) is 4.74 Å². The highest BCUT2D eigenvalue weighted by Crippen LogP contribution is 2.32. The normalized spacial score (nSPS) is 22.1. The Hall–Kier alpha value is -1.65. The molecule has 2 unspecified atom stereocenters. The van der Waals surface area contributed by atoms with Crippen molar-refractivity contribution in [1.82, 2.24) is 0 Å². The fraction of sp³-hybridized carbons (Fsp3) is 0.643. The minimum absolute atomic E-state index is 0.0642. The molecule has 0 spiro atoms. The van der Waals surface area contributed by atoms with Crippen LogP contribution in [0.25, 0.3) is 0 Å². The van der Waals surface area contributed by atoms with Gasteiger partial charge in [0.1, 0.15) is 18.3 Å². The molecule has 0 aliphatic heterocycles. The second kappa shape index (κ2) is 7.07. The van der Waals surface area contributed by atoms with E-state index in [-0.39, 0.29) is 5.78 Å². The molecular formula is C14H20O5. The summed E-state index contributed by atoms with van der Waals surface area (Å²) in [6.45, 7) is 5.91. The van der Waals surface area contributed by atoms with E-state index in [9.17, 15) is 14.4 Å². The minimum atomic E-state index is -0.652. The van der Waals surface area contributed by atoms with Crippen molar-refractivity contribution in [3.05, 3.63) is 12.2 Å². The van der Waals surface area contributed by atoms with E-state index < -0.39 is 30.4 Å². The number of hydrogen-bond donors (Lipinski definition) is 0. The van der Waals surface area contributed by atoms with E-state index in [1.807, 2.05) is 6.92 Å². The number of carbonyl (C=O) groups excluding carboxylic acids is 3. The van der Waals surface area contributed by atoms with Gasteiger partial charge in [-0.2, -0.15) is 0 Å². The van der Waals surface area contributed by atoms with Gasteiger partial charge in [-0.25, -0.2) is 0 Å². The number of ketones is 1. The van der Waals surface area contributed by atoms with Crippen LogP contribution >= 0.6 is 0 Å². The fourth-order valence-corrected chi connectivity index (χ4v) is 2.31. The maximum absolute atomic E-state index is 11.8. The van der Waals surface area contributed by atoms with Crippen LogP contribution in [0.15, 0.2) is 12.2 Å². The minimum Gasteiger partial charge on any atom is -0.469 e. The van der Waals surface area contributed by atoms with Gasteiger partial charge < -0.3 is 9.47 Å². The van der Waals surface area contributed by atoms with E-state index in [2.05, 4.69) is 11.3 Å². The van der Waals surface area contributed by atoms with E-state index in [0.717, 1.165) is 18.4 Å². The highest BCUT2D eigenvalue weighted by Gasteiger charge is 2.38. The van der Waals surface area contributed by atoms with Crippen molar-refractivity contribution < 1.29 is 23.9 Å². The maximum atomic E-state index is 11.8. The number of esters is 2. The fourth-order valence-electron chi connectivity index (χ4n) is 2.31. The van der Waals surface area contributed by atoms with Gasteiger partial charge in [0, 0.05) is 6.42 Å². The maximum Gasteiger partial charge on any atom is 0.317 e. The molecule has 0 aromatic heterocycles. The molecule has 0 aromatic carbocycles.